The van der Waals surface area contributed by atoms with Crippen LogP contribution in [0, 0.1) is 11.8 Å². The zero-order chi connectivity index (χ0) is 22.6. The van der Waals surface area contributed by atoms with Gasteiger partial charge in [0.15, 0.2) is 9.84 Å². The second-order valence-electron chi connectivity index (χ2n) is 6.30. The second kappa shape index (κ2) is 9.94. The topological polar surface area (TPSA) is 91.7 Å². The van der Waals surface area contributed by atoms with Gasteiger partial charge in [0.2, 0.25) is 0 Å². The molecule has 11 heteroatoms. The molecule has 0 aliphatic heterocycles. The van der Waals surface area contributed by atoms with Crippen LogP contribution >= 0.6 is 35.3 Å². The van der Waals surface area contributed by atoms with E-state index in [1.54, 1.807) is 12.1 Å². The van der Waals surface area contributed by atoms with Gasteiger partial charge in [-0.15, -0.1) is 0 Å². The number of thioether (sulfide) groups is 1. The number of hydrogen-bond donors (Lipinski definition) is 2. The maximum Gasteiger partial charge on any atom is 0.399 e. The summed E-state index contributed by atoms with van der Waals surface area (Å²) in [5, 5.41) is 0. The van der Waals surface area contributed by atoms with Crippen molar-refractivity contribution in [3.8, 4) is 11.8 Å². The van der Waals surface area contributed by atoms with Crippen LogP contribution in [-0.2, 0) is 25.8 Å². The van der Waals surface area contributed by atoms with Gasteiger partial charge in [0.05, 0.1) is 4.90 Å². The van der Waals surface area contributed by atoms with Gasteiger partial charge in [0, 0.05) is 39.8 Å². The lowest BCUT2D eigenvalue weighted by molar-refractivity contribution is 0.0557. The zero-order valence-corrected chi connectivity index (χ0v) is 19.8. The van der Waals surface area contributed by atoms with Crippen LogP contribution in [0.5, 0.6) is 0 Å². The number of hydrogen-bond acceptors (Lipinski definition) is 4. The fourth-order valence-electron chi connectivity index (χ4n) is 2.33. The molecule has 2 aromatic rings. The lowest BCUT2D eigenvalue weighted by atomic mass is 10.1. The SMILES string of the molecule is CS(=O)(=O)c1cccc(C#CCCSCc2ccc(C(F)(F)P(=O)(O)O)c(Br)c2)c1. The smallest absolute Gasteiger partial charge is 0.320 e. The second-order valence-corrected chi connectivity index (χ2v) is 11.9. The van der Waals surface area contributed by atoms with Crippen LogP contribution in [0.1, 0.15) is 23.1 Å². The van der Waals surface area contributed by atoms with Crippen molar-refractivity contribution in [1.29, 1.82) is 0 Å². The summed E-state index contributed by atoms with van der Waals surface area (Å²) in [6.07, 6.45) is 1.68. The molecule has 0 aliphatic carbocycles. The standard InChI is InChI=1S/C19H18BrF2O5PS2/c1-30(26,27)16-7-4-6-14(11-16)5-2-3-10-29-13-15-8-9-17(18(20)12-15)19(21,22)28(23,24)25/h4,6-9,11-12H,3,10,13H2,1H3,(H2,23,24,25). The van der Waals surface area contributed by atoms with Crippen LogP contribution in [0.2, 0.25) is 0 Å². The Labute approximate surface area is 186 Å². The van der Waals surface area contributed by atoms with Gasteiger partial charge >= 0.3 is 13.3 Å². The minimum absolute atomic E-state index is 0.0699. The molecule has 0 saturated heterocycles. The number of sulfone groups is 1. The molecule has 0 saturated carbocycles. The molecular weight excluding hydrogens is 521 g/mol. The van der Waals surface area contributed by atoms with Gasteiger partial charge in [-0.3, -0.25) is 4.57 Å². The number of benzene rings is 2. The first-order chi connectivity index (χ1) is 13.8. The Bertz CT molecular complexity index is 1140. The fraction of sp³-hybridized carbons (Fsp3) is 0.263. The maximum absolute atomic E-state index is 13.8. The lowest BCUT2D eigenvalue weighted by Crippen LogP contribution is -2.14. The van der Waals surface area contributed by atoms with E-state index < -0.39 is 28.7 Å². The highest BCUT2D eigenvalue weighted by Crippen LogP contribution is 2.60. The minimum atomic E-state index is -5.62. The van der Waals surface area contributed by atoms with E-state index in [-0.39, 0.29) is 9.37 Å². The summed E-state index contributed by atoms with van der Waals surface area (Å²) in [5.74, 6) is 7.04. The molecular formula is C19H18BrF2O5PS2. The molecule has 162 valence electrons. The molecule has 0 amide bonds. The van der Waals surface area contributed by atoms with E-state index in [9.17, 15) is 21.8 Å². The highest BCUT2D eigenvalue weighted by Gasteiger charge is 2.51. The van der Waals surface area contributed by atoms with Gasteiger partial charge in [-0.25, -0.2) is 8.42 Å². The first-order valence-electron chi connectivity index (χ1n) is 8.41. The van der Waals surface area contributed by atoms with Crippen LogP contribution in [0.25, 0.3) is 0 Å². The quantitative estimate of drug-likeness (QED) is 0.300. The Morgan fingerprint density at radius 1 is 1.20 bits per heavy atom. The van der Waals surface area contributed by atoms with Crippen LogP contribution in [0.4, 0.5) is 8.78 Å². The summed E-state index contributed by atoms with van der Waals surface area (Å²) in [7, 11) is -8.91. The zero-order valence-electron chi connectivity index (χ0n) is 15.7. The average molecular weight is 539 g/mol. The van der Waals surface area contributed by atoms with E-state index in [4.69, 9.17) is 9.79 Å². The molecule has 30 heavy (non-hydrogen) atoms. The largest absolute Gasteiger partial charge is 0.399 e. The highest BCUT2D eigenvalue weighted by molar-refractivity contribution is 9.10. The third-order valence-corrected chi connectivity index (χ3v) is 7.63. The Morgan fingerprint density at radius 2 is 1.90 bits per heavy atom. The normalized spacial score (nSPS) is 12.3. The molecule has 5 nitrogen and oxygen atoms in total. The molecule has 0 fully saturated rings. The predicted molar refractivity (Wildman–Crippen MR) is 117 cm³/mol. The Morgan fingerprint density at radius 3 is 2.50 bits per heavy atom. The number of alkyl halides is 2. The van der Waals surface area contributed by atoms with Crippen molar-refractivity contribution in [3.05, 3.63) is 63.6 Å². The van der Waals surface area contributed by atoms with E-state index in [1.807, 2.05) is 0 Å². The van der Waals surface area contributed by atoms with Crippen molar-refractivity contribution in [2.45, 2.75) is 22.7 Å². The Kier molecular flexibility index (Phi) is 8.30. The van der Waals surface area contributed by atoms with Gasteiger partial charge in [-0.2, -0.15) is 20.5 Å². The van der Waals surface area contributed by atoms with E-state index in [2.05, 4.69) is 27.8 Å². The third-order valence-electron chi connectivity index (χ3n) is 3.86. The summed E-state index contributed by atoms with van der Waals surface area (Å²) < 4.78 is 61.7. The predicted octanol–water partition coefficient (Wildman–Crippen LogP) is 4.75. The molecule has 0 aromatic heterocycles. The van der Waals surface area contributed by atoms with Crippen molar-refractivity contribution >= 4 is 45.1 Å². The number of rotatable bonds is 7. The van der Waals surface area contributed by atoms with Crippen molar-refractivity contribution in [3.63, 3.8) is 0 Å². The van der Waals surface area contributed by atoms with Crippen molar-refractivity contribution < 1.29 is 31.6 Å². The van der Waals surface area contributed by atoms with Gasteiger partial charge in [0.1, 0.15) is 0 Å². The lowest BCUT2D eigenvalue weighted by Gasteiger charge is -2.19. The molecule has 2 rings (SSSR count). The summed E-state index contributed by atoms with van der Waals surface area (Å²) in [6.45, 7) is 0. The van der Waals surface area contributed by atoms with Crippen molar-refractivity contribution in [2.24, 2.45) is 0 Å². The van der Waals surface area contributed by atoms with E-state index in [1.165, 1.54) is 36.0 Å². The molecule has 0 unspecified atom stereocenters. The summed E-state index contributed by atoms with van der Waals surface area (Å²) in [4.78, 5) is 17.9. The van der Waals surface area contributed by atoms with E-state index >= 15 is 0 Å². The summed E-state index contributed by atoms with van der Waals surface area (Å²) in [5.41, 5.74) is -3.70. The van der Waals surface area contributed by atoms with Crippen LogP contribution in [0.15, 0.2) is 51.8 Å². The molecule has 0 heterocycles. The maximum atomic E-state index is 13.8. The van der Waals surface area contributed by atoms with Crippen LogP contribution in [0.3, 0.4) is 0 Å². The fourth-order valence-corrected chi connectivity index (χ4v) is 5.14. The molecule has 0 aliphatic rings. The van der Waals surface area contributed by atoms with Gasteiger partial charge < -0.3 is 9.79 Å². The van der Waals surface area contributed by atoms with Crippen molar-refractivity contribution in [2.75, 3.05) is 12.0 Å². The molecule has 2 aromatic carbocycles. The molecule has 2 N–H and O–H groups in total. The summed E-state index contributed by atoms with van der Waals surface area (Å²) >= 11 is 4.47. The van der Waals surface area contributed by atoms with Gasteiger partial charge in [0.25, 0.3) is 0 Å². The van der Waals surface area contributed by atoms with E-state index in [0.717, 1.165) is 12.3 Å². The van der Waals surface area contributed by atoms with Crippen LogP contribution in [-0.4, -0.2) is 30.2 Å². The molecule has 0 radical (unpaired) electrons. The monoisotopic (exact) mass is 538 g/mol. The van der Waals surface area contributed by atoms with Crippen molar-refractivity contribution in [1.82, 2.24) is 0 Å². The first kappa shape index (κ1) is 25.1. The van der Waals surface area contributed by atoms with Crippen LogP contribution < -0.4 is 0 Å². The Hall–Kier alpha value is -1.21. The molecule has 0 spiro atoms. The van der Waals surface area contributed by atoms with E-state index in [0.29, 0.717) is 29.1 Å². The van der Waals surface area contributed by atoms with Gasteiger partial charge in [-0.1, -0.05) is 46.0 Å². The Balaban J connectivity index is 1.91. The molecule has 0 bridgehead atoms. The number of halogens is 3. The summed E-state index contributed by atoms with van der Waals surface area (Å²) in [6, 6.07) is 10.2. The van der Waals surface area contributed by atoms with Gasteiger partial charge in [-0.05, 0) is 29.8 Å². The first-order valence-corrected chi connectivity index (χ1v) is 13.9. The average Bonchev–Trinajstić information content (AvgIpc) is 2.63. The third kappa shape index (κ3) is 6.64. The molecule has 0 atom stereocenters. The highest BCUT2D eigenvalue weighted by atomic mass is 79.9. The minimum Gasteiger partial charge on any atom is -0.320 e.